The average Bonchev–Trinajstić information content (AvgIpc) is 2.33. The van der Waals surface area contributed by atoms with Crippen LogP contribution < -0.4 is 0 Å². The second-order valence-electron chi connectivity index (χ2n) is 5.70. The molecule has 1 aliphatic carbocycles. The van der Waals surface area contributed by atoms with Crippen molar-refractivity contribution in [1.29, 1.82) is 0 Å². The van der Waals surface area contributed by atoms with Gasteiger partial charge in [-0.15, -0.1) is 0 Å². The molecule has 0 radical (unpaired) electrons. The highest BCUT2D eigenvalue weighted by Gasteiger charge is 2.33. The van der Waals surface area contributed by atoms with Crippen LogP contribution in [0.15, 0.2) is 0 Å². The van der Waals surface area contributed by atoms with Gasteiger partial charge in [-0.3, -0.25) is 0 Å². The lowest BCUT2D eigenvalue weighted by molar-refractivity contribution is 0.0512. The molecule has 0 aromatic carbocycles. The van der Waals surface area contributed by atoms with Crippen LogP contribution in [-0.4, -0.2) is 41.1 Å². The van der Waals surface area contributed by atoms with Crippen molar-refractivity contribution in [3.05, 3.63) is 0 Å². The summed E-state index contributed by atoms with van der Waals surface area (Å²) in [6.07, 6.45) is 8.91. The van der Waals surface area contributed by atoms with Crippen molar-refractivity contribution >= 4 is 15.9 Å². The summed E-state index contributed by atoms with van der Waals surface area (Å²) in [6.45, 7) is 3.43. The van der Waals surface area contributed by atoms with Crippen LogP contribution in [0.5, 0.6) is 0 Å². The van der Waals surface area contributed by atoms with Gasteiger partial charge in [-0.1, -0.05) is 35.2 Å². The normalized spacial score (nSPS) is 28.1. The highest BCUT2D eigenvalue weighted by Crippen LogP contribution is 2.39. The number of likely N-dealkylation sites (tertiary alicyclic amines) is 1. The van der Waals surface area contributed by atoms with E-state index in [1.165, 1.54) is 38.6 Å². The van der Waals surface area contributed by atoms with Gasteiger partial charge in [0.1, 0.15) is 0 Å². The molecule has 94 valence electrons. The molecule has 0 unspecified atom stereocenters. The Morgan fingerprint density at radius 3 is 2.31 bits per heavy atom. The number of alkyl halides is 1. The van der Waals surface area contributed by atoms with Gasteiger partial charge in [-0.05, 0) is 31.1 Å². The maximum atomic E-state index is 9.52. The number of aliphatic hydroxyl groups excluding tert-OH is 1. The van der Waals surface area contributed by atoms with Gasteiger partial charge in [-0.2, -0.15) is 0 Å². The third-order valence-corrected chi connectivity index (χ3v) is 5.50. The first kappa shape index (κ1) is 12.8. The summed E-state index contributed by atoms with van der Waals surface area (Å²) in [5.41, 5.74) is 0.528. The molecule has 2 aliphatic rings. The van der Waals surface area contributed by atoms with Gasteiger partial charge in [0.25, 0.3) is 0 Å². The van der Waals surface area contributed by atoms with E-state index in [9.17, 15) is 5.11 Å². The van der Waals surface area contributed by atoms with Crippen molar-refractivity contribution in [3.8, 4) is 0 Å². The number of halogens is 1. The summed E-state index contributed by atoms with van der Waals surface area (Å²) in [6, 6.07) is 0. The molecule has 0 aromatic heterocycles. The quantitative estimate of drug-likeness (QED) is 0.808. The fraction of sp³-hybridized carbons (Fsp3) is 1.00. The predicted octanol–water partition coefficient (Wildman–Crippen LogP) is 2.79. The summed E-state index contributed by atoms with van der Waals surface area (Å²) in [4.78, 5) is 2.57. The van der Waals surface area contributed by atoms with Crippen molar-refractivity contribution in [2.45, 2.75) is 51.0 Å². The Morgan fingerprint density at radius 1 is 1.12 bits per heavy atom. The van der Waals surface area contributed by atoms with Gasteiger partial charge >= 0.3 is 0 Å². The van der Waals surface area contributed by atoms with Gasteiger partial charge in [0.15, 0.2) is 0 Å². The second-order valence-corrected chi connectivity index (χ2v) is 6.26. The molecule has 2 nitrogen and oxygen atoms in total. The second kappa shape index (κ2) is 5.83. The van der Waals surface area contributed by atoms with E-state index in [-0.39, 0.29) is 6.10 Å². The lowest BCUT2D eigenvalue weighted by atomic mass is 9.75. The van der Waals surface area contributed by atoms with Crippen molar-refractivity contribution in [2.24, 2.45) is 5.41 Å². The Balaban J connectivity index is 1.86. The monoisotopic (exact) mass is 289 g/mol. The smallest absolute Gasteiger partial charge is 0.0564 e. The van der Waals surface area contributed by atoms with Crippen molar-refractivity contribution in [3.63, 3.8) is 0 Å². The third-order valence-electron chi connectivity index (χ3n) is 4.31. The van der Waals surface area contributed by atoms with Gasteiger partial charge in [0.2, 0.25) is 0 Å². The number of hydrogen-bond acceptors (Lipinski definition) is 2. The Labute approximate surface area is 108 Å². The lowest BCUT2D eigenvalue weighted by Crippen LogP contribution is -2.44. The third kappa shape index (κ3) is 3.21. The summed E-state index contributed by atoms with van der Waals surface area (Å²) in [5.74, 6) is 0. The van der Waals surface area contributed by atoms with Crippen LogP contribution in [0.4, 0.5) is 0 Å². The summed E-state index contributed by atoms with van der Waals surface area (Å²) < 4.78 is 0. The summed E-state index contributed by atoms with van der Waals surface area (Å²) in [7, 11) is 0. The van der Waals surface area contributed by atoms with Crippen LogP contribution in [-0.2, 0) is 0 Å². The molecule has 2 fully saturated rings. The Morgan fingerprint density at radius 2 is 1.75 bits per heavy atom. The molecule has 1 aliphatic heterocycles. The van der Waals surface area contributed by atoms with Crippen LogP contribution in [0.2, 0.25) is 0 Å². The maximum absolute atomic E-state index is 9.52. The number of piperidine rings is 1. The highest BCUT2D eigenvalue weighted by molar-refractivity contribution is 9.09. The van der Waals surface area contributed by atoms with E-state index >= 15 is 0 Å². The number of rotatable bonds is 3. The summed E-state index contributed by atoms with van der Waals surface area (Å²) in [5, 5.41) is 10.7. The topological polar surface area (TPSA) is 23.5 Å². The Bertz CT molecular complexity index is 208. The molecule has 0 bridgehead atoms. The van der Waals surface area contributed by atoms with Crippen LogP contribution in [0, 0.1) is 5.41 Å². The zero-order valence-electron chi connectivity index (χ0n) is 10.1. The largest absolute Gasteiger partial charge is 0.393 e. The Kier molecular flexibility index (Phi) is 4.68. The minimum atomic E-state index is -0.0393. The Hall–Kier alpha value is 0.400. The zero-order valence-corrected chi connectivity index (χ0v) is 11.7. The van der Waals surface area contributed by atoms with E-state index in [0.717, 1.165) is 31.3 Å². The molecule has 1 N–H and O–H groups in total. The van der Waals surface area contributed by atoms with E-state index in [0.29, 0.717) is 5.41 Å². The van der Waals surface area contributed by atoms with Crippen LogP contribution in [0.25, 0.3) is 0 Å². The predicted molar refractivity (Wildman–Crippen MR) is 71.0 cm³/mol. The maximum Gasteiger partial charge on any atom is 0.0564 e. The standard InChI is InChI=1S/C13H24BrNO/c14-10-13(6-2-1-3-7-13)11-15-8-4-12(16)5-9-15/h12,16H,1-11H2. The van der Waals surface area contributed by atoms with Gasteiger partial charge in [0.05, 0.1) is 6.10 Å². The lowest BCUT2D eigenvalue weighted by Gasteiger charge is -2.41. The first-order valence-electron chi connectivity index (χ1n) is 6.70. The molecular weight excluding hydrogens is 266 g/mol. The molecule has 0 atom stereocenters. The van der Waals surface area contributed by atoms with E-state index < -0.39 is 0 Å². The zero-order chi connectivity index (χ0) is 11.4. The van der Waals surface area contributed by atoms with Gasteiger partial charge in [0, 0.05) is 25.0 Å². The molecule has 0 spiro atoms. The minimum Gasteiger partial charge on any atom is -0.393 e. The van der Waals surface area contributed by atoms with Gasteiger partial charge in [-0.25, -0.2) is 0 Å². The molecule has 0 aromatic rings. The molecule has 1 saturated heterocycles. The molecule has 1 heterocycles. The van der Waals surface area contributed by atoms with Crippen LogP contribution in [0.3, 0.4) is 0 Å². The molecule has 16 heavy (non-hydrogen) atoms. The fourth-order valence-corrected chi connectivity index (χ4v) is 3.93. The summed E-state index contributed by atoms with van der Waals surface area (Å²) >= 11 is 3.73. The molecule has 1 saturated carbocycles. The van der Waals surface area contributed by atoms with E-state index in [1.807, 2.05) is 0 Å². The van der Waals surface area contributed by atoms with Crippen molar-refractivity contribution < 1.29 is 5.11 Å². The number of aliphatic hydroxyl groups is 1. The highest BCUT2D eigenvalue weighted by atomic mass is 79.9. The van der Waals surface area contributed by atoms with E-state index in [2.05, 4.69) is 20.8 Å². The van der Waals surface area contributed by atoms with Crippen LogP contribution >= 0.6 is 15.9 Å². The molecular formula is C13H24BrNO. The number of nitrogens with zero attached hydrogens (tertiary/aromatic N) is 1. The SMILES string of the molecule is OC1CCN(CC2(CBr)CCCCC2)CC1. The van der Waals surface area contributed by atoms with E-state index in [4.69, 9.17) is 0 Å². The first-order chi connectivity index (χ1) is 7.74. The molecule has 0 amide bonds. The van der Waals surface area contributed by atoms with Crippen molar-refractivity contribution in [2.75, 3.05) is 25.0 Å². The minimum absolute atomic E-state index is 0.0393. The molecule has 2 rings (SSSR count). The first-order valence-corrected chi connectivity index (χ1v) is 7.83. The van der Waals surface area contributed by atoms with Crippen LogP contribution in [0.1, 0.15) is 44.9 Å². The number of hydrogen-bond donors (Lipinski definition) is 1. The van der Waals surface area contributed by atoms with Gasteiger partial charge < -0.3 is 10.0 Å². The average molecular weight is 290 g/mol. The fourth-order valence-electron chi connectivity index (χ4n) is 3.19. The van der Waals surface area contributed by atoms with E-state index in [1.54, 1.807) is 0 Å². The molecule has 3 heteroatoms. The van der Waals surface area contributed by atoms with Crippen molar-refractivity contribution in [1.82, 2.24) is 4.90 Å².